The molecular formula is C20H22N2O2S. The molecule has 1 heterocycles. The van der Waals surface area contributed by atoms with Gasteiger partial charge >= 0.3 is 0 Å². The maximum Gasteiger partial charge on any atom is 0.188 e. The van der Waals surface area contributed by atoms with Gasteiger partial charge in [-0.15, -0.1) is 11.3 Å². The fourth-order valence-electron chi connectivity index (χ4n) is 2.61. The predicted molar refractivity (Wildman–Crippen MR) is 104 cm³/mol. The van der Waals surface area contributed by atoms with Gasteiger partial charge in [0.1, 0.15) is 11.5 Å². The number of thiazole rings is 1. The second-order valence-corrected chi connectivity index (χ2v) is 6.79. The molecule has 0 atom stereocenters. The summed E-state index contributed by atoms with van der Waals surface area (Å²) in [6.45, 7) is 4.24. The lowest BCUT2D eigenvalue weighted by molar-refractivity contribution is 0.405. The Labute approximate surface area is 152 Å². The Bertz CT molecular complexity index is 857. The lowest BCUT2D eigenvalue weighted by Crippen LogP contribution is -1.95. The van der Waals surface area contributed by atoms with E-state index >= 15 is 0 Å². The zero-order valence-corrected chi connectivity index (χ0v) is 15.7. The normalized spacial score (nSPS) is 10.6. The summed E-state index contributed by atoms with van der Waals surface area (Å²) in [5.74, 6) is 1.53. The monoisotopic (exact) mass is 354 g/mol. The van der Waals surface area contributed by atoms with Crippen molar-refractivity contribution in [3.8, 4) is 22.8 Å². The fraction of sp³-hybridized carbons (Fsp3) is 0.250. The Morgan fingerprint density at radius 2 is 1.80 bits per heavy atom. The lowest BCUT2D eigenvalue weighted by Gasteiger charge is -2.10. The van der Waals surface area contributed by atoms with Crippen molar-refractivity contribution in [3.05, 3.63) is 52.9 Å². The largest absolute Gasteiger partial charge is 0.497 e. The lowest BCUT2D eigenvalue weighted by atomic mass is 10.1. The van der Waals surface area contributed by atoms with Crippen LogP contribution in [0.25, 0.3) is 11.3 Å². The Morgan fingerprint density at radius 1 is 1.04 bits per heavy atom. The SMILES string of the molecule is CCc1sc(Nc2cc(OC)ccc2OC)nc1-c1ccc(C)cc1. The van der Waals surface area contributed by atoms with E-state index in [0.29, 0.717) is 0 Å². The maximum atomic E-state index is 5.44. The van der Waals surface area contributed by atoms with Gasteiger partial charge in [-0.2, -0.15) is 0 Å². The van der Waals surface area contributed by atoms with Crippen molar-refractivity contribution in [1.82, 2.24) is 4.98 Å². The van der Waals surface area contributed by atoms with Crippen LogP contribution in [0.2, 0.25) is 0 Å². The second kappa shape index (κ2) is 7.57. The molecule has 25 heavy (non-hydrogen) atoms. The molecule has 0 fully saturated rings. The van der Waals surface area contributed by atoms with Crippen LogP contribution in [0.15, 0.2) is 42.5 Å². The summed E-state index contributed by atoms with van der Waals surface area (Å²) in [6, 6.07) is 14.2. The molecule has 2 aromatic carbocycles. The first-order valence-electron chi connectivity index (χ1n) is 8.20. The molecule has 0 spiro atoms. The molecule has 130 valence electrons. The van der Waals surface area contributed by atoms with Crippen LogP contribution in [-0.4, -0.2) is 19.2 Å². The Kier molecular flexibility index (Phi) is 5.24. The molecule has 4 nitrogen and oxygen atoms in total. The van der Waals surface area contributed by atoms with Gasteiger partial charge in [0.2, 0.25) is 0 Å². The van der Waals surface area contributed by atoms with Crippen LogP contribution in [0, 0.1) is 6.92 Å². The average Bonchev–Trinajstić information content (AvgIpc) is 3.05. The minimum atomic E-state index is 0.755. The summed E-state index contributed by atoms with van der Waals surface area (Å²) in [5, 5.41) is 4.22. The third-order valence-corrected chi connectivity index (χ3v) is 5.11. The zero-order valence-electron chi connectivity index (χ0n) is 14.9. The maximum absolute atomic E-state index is 5.44. The van der Waals surface area contributed by atoms with E-state index < -0.39 is 0 Å². The summed E-state index contributed by atoms with van der Waals surface area (Å²) in [5.41, 5.74) is 4.27. The number of nitrogens with zero attached hydrogens (tertiary/aromatic N) is 1. The molecule has 3 aromatic rings. The second-order valence-electron chi connectivity index (χ2n) is 5.70. The molecule has 0 saturated carbocycles. The van der Waals surface area contributed by atoms with E-state index in [4.69, 9.17) is 14.5 Å². The Balaban J connectivity index is 1.95. The van der Waals surface area contributed by atoms with E-state index in [1.54, 1.807) is 25.6 Å². The number of hydrogen-bond donors (Lipinski definition) is 1. The molecule has 0 radical (unpaired) electrons. The number of aromatic nitrogens is 1. The Morgan fingerprint density at radius 3 is 2.44 bits per heavy atom. The summed E-state index contributed by atoms with van der Waals surface area (Å²) in [4.78, 5) is 6.08. The van der Waals surface area contributed by atoms with Gasteiger partial charge in [-0.25, -0.2) is 4.98 Å². The smallest absolute Gasteiger partial charge is 0.188 e. The molecule has 0 unspecified atom stereocenters. The van der Waals surface area contributed by atoms with Crippen LogP contribution < -0.4 is 14.8 Å². The number of anilines is 2. The molecule has 0 aliphatic rings. The summed E-state index contributed by atoms with van der Waals surface area (Å²) < 4.78 is 10.7. The van der Waals surface area contributed by atoms with E-state index in [1.807, 2.05) is 18.2 Å². The summed E-state index contributed by atoms with van der Waals surface area (Å²) in [7, 11) is 3.31. The number of rotatable bonds is 6. The van der Waals surface area contributed by atoms with Crippen LogP contribution >= 0.6 is 11.3 Å². The molecule has 3 rings (SSSR count). The predicted octanol–water partition coefficient (Wildman–Crippen LogP) is 5.44. The number of aryl methyl sites for hydroxylation is 2. The molecule has 0 aliphatic carbocycles. The van der Waals surface area contributed by atoms with Crippen LogP contribution in [0.4, 0.5) is 10.8 Å². The van der Waals surface area contributed by atoms with Crippen LogP contribution in [0.1, 0.15) is 17.4 Å². The van der Waals surface area contributed by atoms with Crippen LogP contribution in [-0.2, 0) is 6.42 Å². The highest BCUT2D eigenvalue weighted by atomic mass is 32.1. The van der Waals surface area contributed by atoms with Crippen molar-refractivity contribution in [1.29, 1.82) is 0 Å². The Hall–Kier alpha value is -2.53. The molecule has 0 amide bonds. The van der Waals surface area contributed by atoms with Gasteiger partial charge in [0, 0.05) is 16.5 Å². The van der Waals surface area contributed by atoms with Crippen molar-refractivity contribution in [2.45, 2.75) is 20.3 Å². The highest BCUT2D eigenvalue weighted by molar-refractivity contribution is 7.16. The number of nitrogens with one attached hydrogen (secondary N) is 1. The van der Waals surface area contributed by atoms with Gasteiger partial charge in [-0.1, -0.05) is 36.8 Å². The van der Waals surface area contributed by atoms with Gasteiger partial charge in [-0.3, -0.25) is 0 Å². The average molecular weight is 354 g/mol. The van der Waals surface area contributed by atoms with Crippen molar-refractivity contribution in [2.24, 2.45) is 0 Å². The number of hydrogen-bond acceptors (Lipinski definition) is 5. The third-order valence-electron chi connectivity index (χ3n) is 3.99. The highest BCUT2D eigenvalue weighted by Crippen LogP contribution is 2.36. The van der Waals surface area contributed by atoms with Crippen LogP contribution in [0.3, 0.4) is 0 Å². The highest BCUT2D eigenvalue weighted by Gasteiger charge is 2.14. The van der Waals surface area contributed by atoms with E-state index in [9.17, 15) is 0 Å². The molecule has 1 aromatic heterocycles. The summed E-state index contributed by atoms with van der Waals surface area (Å²) in [6.07, 6.45) is 0.942. The molecule has 5 heteroatoms. The number of ether oxygens (including phenoxy) is 2. The minimum absolute atomic E-state index is 0.755. The summed E-state index contributed by atoms with van der Waals surface area (Å²) >= 11 is 1.67. The van der Waals surface area contributed by atoms with Gasteiger partial charge in [0.15, 0.2) is 5.13 Å². The van der Waals surface area contributed by atoms with Gasteiger partial charge in [-0.05, 0) is 25.5 Å². The van der Waals surface area contributed by atoms with Gasteiger partial charge in [0.25, 0.3) is 0 Å². The quantitative estimate of drug-likeness (QED) is 0.640. The number of benzene rings is 2. The van der Waals surface area contributed by atoms with E-state index in [0.717, 1.165) is 40.0 Å². The molecular weight excluding hydrogens is 332 g/mol. The van der Waals surface area contributed by atoms with Crippen molar-refractivity contribution in [2.75, 3.05) is 19.5 Å². The first-order valence-corrected chi connectivity index (χ1v) is 9.02. The molecule has 0 bridgehead atoms. The first kappa shape index (κ1) is 17.3. The van der Waals surface area contributed by atoms with E-state index in [1.165, 1.54) is 10.4 Å². The standard InChI is InChI=1S/C20H22N2O2S/c1-5-18-19(14-8-6-13(2)7-9-14)22-20(25-18)21-16-12-15(23-3)10-11-17(16)24-4/h6-12H,5H2,1-4H3,(H,21,22). The number of methoxy groups -OCH3 is 2. The molecule has 0 saturated heterocycles. The third kappa shape index (κ3) is 3.77. The van der Waals surface area contributed by atoms with Crippen molar-refractivity contribution in [3.63, 3.8) is 0 Å². The van der Waals surface area contributed by atoms with Crippen molar-refractivity contribution < 1.29 is 9.47 Å². The van der Waals surface area contributed by atoms with Gasteiger partial charge < -0.3 is 14.8 Å². The zero-order chi connectivity index (χ0) is 17.8. The van der Waals surface area contributed by atoms with Crippen molar-refractivity contribution >= 4 is 22.2 Å². The van der Waals surface area contributed by atoms with Crippen LogP contribution in [0.5, 0.6) is 11.5 Å². The van der Waals surface area contributed by atoms with E-state index in [-0.39, 0.29) is 0 Å². The first-order chi connectivity index (χ1) is 12.1. The fourth-order valence-corrected chi connectivity index (χ4v) is 3.54. The minimum Gasteiger partial charge on any atom is -0.497 e. The topological polar surface area (TPSA) is 43.4 Å². The van der Waals surface area contributed by atoms with E-state index in [2.05, 4.69) is 43.4 Å². The van der Waals surface area contributed by atoms with Gasteiger partial charge in [0.05, 0.1) is 25.6 Å². The molecule has 1 N–H and O–H groups in total. The molecule has 0 aliphatic heterocycles.